The maximum atomic E-state index is 13.1. The Labute approximate surface area is 239 Å². The number of carbonyl (C=O) groups is 3. The number of nitrogens with one attached hydrogen (secondary N) is 1. The molecule has 7 heteroatoms. The number of likely N-dealkylation sites (N-methyl/N-ethyl adjacent to an activating group) is 1. The van der Waals surface area contributed by atoms with E-state index in [1.54, 1.807) is 31.3 Å². The molecule has 2 aromatic rings. The lowest BCUT2D eigenvalue weighted by molar-refractivity contribution is -0.147. The fraction of sp³-hybridized carbons (Fsp3) is 0.545. The van der Waals surface area contributed by atoms with Crippen molar-refractivity contribution in [1.29, 1.82) is 0 Å². The summed E-state index contributed by atoms with van der Waals surface area (Å²) in [4.78, 5) is 38.7. The van der Waals surface area contributed by atoms with E-state index in [9.17, 15) is 14.4 Å². The normalized spacial score (nSPS) is 15.9. The first-order chi connectivity index (χ1) is 19.0. The number of hydrogen-bond acceptors (Lipinski definition) is 7. The molecular weight excluding hydrogens is 506 g/mol. The summed E-state index contributed by atoms with van der Waals surface area (Å²) in [6.45, 7) is 9.72. The average Bonchev–Trinajstić information content (AvgIpc) is 3.19. The van der Waals surface area contributed by atoms with Crippen LogP contribution in [0, 0.1) is 18.3 Å². The van der Waals surface area contributed by atoms with Crippen LogP contribution < -0.4 is 10.1 Å². The molecule has 218 valence electrons. The standard InChI is InChI=1S/C33H45NO6/c1-22-12-11-15-26(18-22)32(37)40-30(23(2)34-6)25-16-17-28(39-31(36)24-13-9-7-8-10-14-24)27(19-25)21-38-29(35)20-33(3,4)5/h11-12,15-19,23-24,30,34H,7-10,13-14,20-21H2,1-6H3. The van der Waals surface area contributed by atoms with Crippen molar-refractivity contribution < 1.29 is 28.6 Å². The summed E-state index contributed by atoms with van der Waals surface area (Å²) in [5.74, 6) is -0.779. The van der Waals surface area contributed by atoms with Gasteiger partial charge in [0, 0.05) is 11.6 Å². The Morgan fingerprint density at radius 3 is 2.33 bits per heavy atom. The second-order valence-electron chi connectivity index (χ2n) is 12.1. The van der Waals surface area contributed by atoms with Gasteiger partial charge in [0.25, 0.3) is 0 Å². The van der Waals surface area contributed by atoms with Crippen LogP contribution >= 0.6 is 0 Å². The molecule has 2 aromatic carbocycles. The summed E-state index contributed by atoms with van der Waals surface area (Å²) in [5.41, 5.74) is 2.48. The summed E-state index contributed by atoms with van der Waals surface area (Å²) >= 11 is 0. The van der Waals surface area contributed by atoms with Crippen molar-refractivity contribution in [1.82, 2.24) is 5.32 Å². The molecule has 0 radical (unpaired) electrons. The summed E-state index contributed by atoms with van der Waals surface area (Å²) in [6.07, 6.45) is 5.59. The fourth-order valence-electron chi connectivity index (χ4n) is 4.90. The molecule has 0 aliphatic heterocycles. The maximum Gasteiger partial charge on any atom is 0.338 e. The van der Waals surface area contributed by atoms with Gasteiger partial charge in [0.2, 0.25) is 0 Å². The highest BCUT2D eigenvalue weighted by molar-refractivity contribution is 5.89. The van der Waals surface area contributed by atoms with Crippen LogP contribution in [0.3, 0.4) is 0 Å². The topological polar surface area (TPSA) is 90.9 Å². The zero-order valence-electron chi connectivity index (χ0n) is 24.9. The predicted molar refractivity (Wildman–Crippen MR) is 155 cm³/mol. The van der Waals surface area contributed by atoms with E-state index in [0.717, 1.165) is 44.1 Å². The molecule has 0 amide bonds. The van der Waals surface area contributed by atoms with Gasteiger partial charge in [-0.05, 0) is 69.0 Å². The second kappa shape index (κ2) is 14.4. The Kier molecular flexibility index (Phi) is 11.3. The fourth-order valence-corrected chi connectivity index (χ4v) is 4.90. The highest BCUT2D eigenvalue weighted by Crippen LogP contribution is 2.31. The molecule has 0 aromatic heterocycles. The molecule has 2 unspecified atom stereocenters. The largest absolute Gasteiger partial charge is 0.461 e. The van der Waals surface area contributed by atoms with Crippen molar-refractivity contribution in [2.24, 2.45) is 11.3 Å². The van der Waals surface area contributed by atoms with E-state index < -0.39 is 12.1 Å². The van der Waals surface area contributed by atoms with Gasteiger partial charge in [0.05, 0.1) is 17.9 Å². The van der Waals surface area contributed by atoms with Gasteiger partial charge in [-0.1, -0.05) is 70.2 Å². The van der Waals surface area contributed by atoms with Crippen molar-refractivity contribution in [3.63, 3.8) is 0 Å². The first kappa shape index (κ1) is 31.3. The summed E-state index contributed by atoms with van der Waals surface area (Å²) in [5, 5.41) is 3.17. The van der Waals surface area contributed by atoms with Gasteiger partial charge in [-0.2, -0.15) is 0 Å². The third-order valence-corrected chi connectivity index (χ3v) is 7.27. The molecule has 2 atom stereocenters. The first-order valence-electron chi connectivity index (χ1n) is 14.4. The molecule has 1 aliphatic carbocycles. The molecular formula is C33H45NO6. The van der Waals surface area contributed by atoms with E-state index in [1.807, 2.05) is 52.8 Å². The maximum absolute atomic E-state index is 13.1. The monoisotopic (exact) mass is 551 g/mol. The van der Waals surface area contributed by atoms with Crippen molar-refractivity contribution in [2.45, 2.75) is 98.3 Å². The molecule has 0 heterocycles. The highest BCUT2D eigenvalue weighted by Gasteiger charge is 2.27. The Morgan fingerprint density at radius 1 is 1.00 bits per heavy atom. The van der Waals surface area contributed by atoms with Gasteiger partial charge in [-0.25, -0.2) is 4.79 Å². The van der Waals surface area contributed by atoms with Crippen LogP contribution in [0.2, 0.25) is 0 Å². The van der Waals surface area contributed by atoms with Crippen LogP contribution in [0.5, 0.6) is 5.75 Å². The van der Waals surface area contributed by atoms with Crippen LogP contribution in [0.1, 0.15) is 106 Å². The molecule has 3 rings (SSSR count). The molecule has 0 bridgehead atoms. The number of carbonyl (C=O) groups excluding carboxylic acids is 3. The SMILES string of the molecule is CNC(C)C(OC(=O)c1cccc(C)c1)c1ccc(OC(=O)C2CCCCCC2)c(COC(=O)CC(C)(C)C)c1. The number of esters is 3. The van der Waals surface area contributed by atoms with Gasteiger partial charge in [0.15, 0.2) is 0 Å². The van der Waals surface area contributed by atoms with Crippen LogP contribution in [-0.2, 0) is 25.7 Å². The molecule has 1 fully saturated rings. The molecule has 40 heavy (non-hydrogen) atoms. The molecule has 1 N–H and O–H groups in total. The minimum atomic E-state index is -0.631. The van der Waals surface area contributed by atoms with Crippen LogP contribution in [0.15, 0.2) is 42.5 Å². The van der Waals surface area contributed by atoms with Gasteiger partial charge < -0.3 is 19.5 Å². The zero-order valence-corrected chi connectivity index (χ0v) is 24.9. The lowest BCUT2D eigenvalue weighted by Crippen LogP contribution is -2.32. The van der Waals surface area contributed by atoms with E-state index in [1.165, 1.54) is 0 Å². The molecule has 0 saturated heterocycles. The van der Waals surface area contributed by atoms with E-state index in [4.69, 9.17) is 14.2 Å². The quantitative estimate of drug-likeness (QED) is 0.196. The van der Waals surface area contributed by atoms with Crippen molar-refractivity contribution in [2.75, 3.05) is 7.05 Å². The minimum absolute atomic E-state index is 0.0531. The number of benzene rings is 2. The van der Waals surface area contributed by atoms with Gasteiger partial charge in [0.1, 0.15) is 18.5 Å². The molecule has 0 spiro atoms. The van der Waals surface area contributed by atoms with Crippen LogP contribution in [0.4, 0.5) is 0 Å². The smallest absolute Gasteiger partial charge is 0.338 e. The summed E-state index contributed by atoms with van der Waals surface area (Å²) in [6, 6.07) is 12.4. The summed E-state index contributed by atoms with van der Waals surface area (Å²) in [7, 11) is 1.80. The molecule has 1 saturated carbocycles. The lowest BCUT2D eigenvalue weighted by Gasteiger charge is -2.25. The van der Waals surface area contributed by atoms with Crippen molar-refractivity contribution >= 4 is 17.9 Å². The van der Waals surface area contributed by atoms with Crippen LogP contribution in [0.25, 0.3) is 0 Å². The Morgan fingerprint density at radius 2 is 1.70 bits per heavy atom. The van der Waals surface area contributed by atoms with E-state index >= 15 is 0 Å². The highest BCUT2D eigenvalue weighted by atomic mass is 16.6. The number of ether oxygens (including phenoxy) is 3. The number of hydrogen-bond donors (Lipinski definition) is 1. The predicted octanol–water partition coefficient (Wildman–Crippen LogP) is 6.86. The first-order valence-corrected chi connectivity index (χ1v) is 14.4. The average molecular weight is 552 g/mol. The minimum Gasteiger partial charge on any atom is -0.461 e. The molecule has 7 nitrogen and oxygen atoms in total. The molecule has 1 aliphatic rings. The third kappa shape index (κ3) is 9.47. The van der Waals surface area contributed by atoms with E-state index in [2.05, 4.69) is 5.32 Å². The van der Waals surface area contributed by atoms with Crippen molar-refractivity contribution in [3.05, 3.63) is 64.7 Å². The Bertz CT molecular complexity index is 1160. The van der Waals surface area contributed by atoms with E-state index in [0.29, 0.717) is 22.4 Å². The van der Waals surface area contributed by atoms with E-state index in [-0.39, 0.29) is 42.3 Å². The Hall–Kier alpha value is -3.19. The lowest BCUT2D eigenvalue weighted by atomic mass is 9.92. The van der Waals surface area contributed by atoms with Crippen molar-refractivity contribution in [3.8, 4) is 5.75 Å². The summed E-state index contributed by atoms with van der Waals surface area (Å²) < 4.78 is 17.5. The van der Waals surface area contributed by atoms with Gasteiger partial charge in [-0.3, -0.25) is 9.59 Å². The number of aryl methyl sites for hydroxylation is 1. The van der Waals surface area contributed by atoms with Gasteiger partial charge >= 0.3 is 17.9 Å². The Balaban J connectivity index is 1.89. The zero-order chi connectivity index (χ0) is 29.3. The third-order valence-electron chi connectivity index (χ3n) is 7.27. The number of rotatable bonds is 10. The second-order valence-corrected chi connectivity index (χ2v) is 12.1. The van der Waals surface area contributed by atoms with Crippen LogP contribution in [-0.4, -0.2) is 31.0 Å². The van der Waals surface area contributed by atoms with Gasteiger partial charge in [-0.15, -0.1) is 0 Å².